The normalized spacial score (nSPS) is 11.1. The van der Waals surface area contributed by atoms with E-state index in [2.05, 4.69) is 4.99 Å². The summed E-state index contributed by atoms with van der Waals surface area (Å²) < 4.78 is 13.5. The maximum Gasteiger partial charge on any atom is 0.191 e. The van der Waals surface area contributed by atoms with E-state index in [-0.39, 0.29) is 12.4 Å². The maximum atomic E-state index is 13.5. The molecule has 0 radical (unpaired) electrons. The summed E-state index contributed by atoms with van der Waals surface area (Å²) in [4.78, 5) is 6.02. The van der Waals surface area contributed by atoms with Crippen LogP contribution in [0.5, 0.6) is 0 Å². The Morgan fingerprint density at radius 1 is 1.44 bits per heavy atom. The van der Waals surface area contributed by atoms with Crippen LogP contribution < -0.4 is 5.73 Å². The molecule has 0 heterocycles. The molecule has 1 rings (SSSR count). The van der Waals surface area contributed by atoms with Crippen molar-refractivity contribution in [1.82, 2.24) is 4.90 Å². The van der Waals surface area contributed by atoms with Crippen molar-refractivity contribution in [1.29, 1.82) is 5.26 Å². The van der Waals surface area contributed by atoms with E-state index in [1.165, 1.54) is 18.2 Å². The maximum absolute atomic E-state index is 13.5. The fourth-order valence-corrected chi connectivity index (χ4v) is 1.58. The van der Waals surface area contributed by atoms with Crippen LogP contribution in [0.4, 0.5) is 4.39 Å². The van der Waals surface area contributed by atoms with Crippen LogP contribution in [0.3, 0.4) is 0 Å². The number of nitrogens with two attached hydrogens (primary N) is 1. The molecule has 5 heteroatoms. The monoisotopic (exact) mass is 248 g/mol. The van der Waals surface area contributed by atoms with Crippen LogP contribution in [0, 0.1) is 17.1 Å². The number of guanidine groups is 1. The number of rotatable bonds is 4. The summed E-state index contributed by atoms with van der Waals surface area (Å²) in [6, 6.07) is 6.18. The van der Waals surface area contributed by atoms with Gasteiger partial charge in [-0.2, -0.15) is 5.26 Å². The Morgan fingerprint density at radius 2 is 2.11 bits per heavy atom. The summed E-state index contributed by atoms with van der Waals surface area (Å²) in [6.07, 6.45) is 0. The van der Waals surface area contributed by atoms with Gasteiger partial charge in [0.2, 0.25) is 0 Å². The Bertz CT molecular complexity index is 472. The lowest BCUT2D eigenvalue weighted by Crippen LogP contribution is -2.37. The van der Waals surface area contributed by atoms with Crippen molar-refractivity contribution in [3.63, 3.8) is 0 Å². The number of halogens is 1. The van der Waals surface area contributed by atoms with Gasteiger partial charge >= 0.3 is 0 Å². The molecule has 0 atom stereocenters. The van der Waals surface area contributed by atoms with Crippen molar-refractivity contribution in [3.8, 4) is 6.07 Å². The molecule has 2 N–H and O–H groups in total. The average molecular weight is 248 g/mol. The lowest BCUT2D eigenvalue weighted by atomic mass is 10.1. The molecular formula is C13H17FN4. The van der Waals surface area contributed by atoms with Gasteiger partial charge in [-0.15, -0.1) is 0 Å². The van der Waals surface area contributed by atoms with Gasteiger partial charge < -0.3 is 10.6 Å². The first-order valence-corrected chi connectivity index (χ1v) is 5.85. The molecule has 18 heavy (non-hydrogen) atoms. The quantitative estimate of drug-likeness (QED) is 0.653. The fraction of sp³-hybridized carbons (Fsp3) is 0.385. The second-order valence-corrected chi connectivity index (χ2v) is 3.76. The Hall–Kier alpha value is -2.09. The van der Waals surface area contributed by atoms with Crippen LogP contribution in [-0.4, -0.2) is 23.9 Å². The minimum absolute atomic E-state index is 0.143. The average Bonchev–Trinajstić information content (AvgIpc) is 2.39. The summed E-state index contributed by atoms with van der Waals surface area (Å²) in [5.41, 5.74) is 6.59. The zero-order chi connectivity index (χ0) is 13.5. The number of nitriles is 1. The predicted molar refractivity (Wildman–Crippen MR) is 69.4 cm³/mol. The first-order valence-electron chi connectivity index (χ1n) is 5.85. The molecular weight excluding hydrogens is 231 g/mol. The zero-order valence-electron chi connectivity index (χ0n) is 10.7. The highest BCUT2D eigenvalue weighted by atomic mass is 19.1. The van der Waals surface area contributed by atoms with Gasteiger partial charge in [-0.25, -0.2) is 9.38 Å². The molecule has 1 aromatic carbocycles. The van der Waals surface area contributed by atoms with Crippen molar-refractivity contribution in [2.24, 2.45) is 10.7 Å². The molecule has 4 nitrogen and oxygen atoms in total. The Balaban J connectivity index is 2.85. The molecule has 0 unspecified atom stereocenters. The summed E-state index contributed by atoms with van der Waals surface area (Å²) in [5, 5.41) is 8.75. The van der Waals surface area contributed by atoms with Gasteiger partial charge in [-0.3, -0.25) is 0 Å². The molecule has 0 spiro atoms. The highest BCUT2D eigenvalue weighted by Crippen LogP contribution is 2.11. The molecule has 0 amide bonds. The van der Waals surface area contributed by atoms with Crippen LogP contribution in [0.15, 0.2) is 23.2 Å². The number of hydrogen-bond acceptors (Lipinski definition) is 2. The van der Waals surface area contributed by atoms with Crippen molar-refractivity contribution in [3.05, 3.63) is 35.1 Å². The van der Waals surface area contributed by atoms with E-state index < -0.39 is 0 Å². The molecule has 0 aliphatic rings. The Morgan fingerprint density at radius 3 is 2.67 bits per heavy atom. The number of benzene rings is 1. The van der Waals surface area contributed by atoms with Crippen LogP contribution in [0.2, 0.25) is 0 Å². The van der Waals surface area contributed by atoms with Gasteiger partial charge in [0.15, 0.2) is 5.96 Å². The summed E-state index contributed by atoms with van der Waals surface area (Å²) in [7, 11) is 0. The van der Waals surface area contributed by atoms with Crippen molar-refractivity contribution in [2.45, 2.75) is 20.4 Å². The zero-order valence-corrected chi connectivity index (χ0v) is 10.7. The van der Waals surface area contributed by atoms with E-state index in [0.717, 1.165) is 13.1 Å². The lowest BCUT2D eigenvalue weighted by Gasteiger charge is -2.19. The first-order chi connectivity index (χ1) is 8.62. The van der Waals surface area contributed by atoms with Gasteiger partial charge in [0, 0.05) is 18.7 Å². The van der Waals surface area contributed by atoms with Crippen molar-refractivity contribution >= 4 is 5.96 Å². The van der Waals surface area contributed by atoms with E-state index in [1.54, 1.807) is 0 Å². The molecule has 0 saturated heterocycles. The van der Waals surface area contributed by atoms with Gasteiger partial charge in [-0.1, -0.05) is 0 Å². The number of nitrogens with zero attached hydrogens (tertiary/aromatic N) is 3. The van der Waals surface area contributed by atoms with E-state index in [9.17, 15) is 4.39 Å². The lowest BCUT2D eigenvalue weighted by molar-refractivity contribution is 0.458. The molecule has 0 aliphatic heterocycles. The topological polar surface area (TPSA) is 65.4 Å². The number of hydrogen-bond donors (Lipinski definition) is 1. The first kappa shape index (κ1) is 14.0. The molecule has 0 saturated carbocycles. The fourth-order valence-electron chi connectivity index (χ4n) is 1.58. The summed E-state index contributed by atoms with van der Waals surface area (Å²) >= 11 is 0. The summed E-state index contributed by atoms with van der Waals surface area (Å²) in [5.74, 6) is 0.0202. The van der Waals surface area contributed by atoms with Crippen LogP contribution >= 0.6 is 0 Å². The van der Waals surface area contributed by atoms with E-state index >= 15 is 0 Å². The Labute approximate surface area is 107 Å². The molecule has 0 bridgehead atoms. The second-order valence-electron chi connectivity index (χ2n) is 3.76. The third-order valence-electron chi connectivity index (χ3n) is 2.67. The third-order valence-corrected chi connectivity index (χ3v) is 2.67. The van der Waals surface area contributed by atoms with Crippen molar-refractivity contribution in [2.75, 3.05) is 13.1 Å². The SMILES string of the molecule is CCN(CC)C(N)=NCc1cc(C#N)ccc1F. The van der Waals surface area contributed by atoms with Crippen LogP contribution in [0.25, 0.3) is 0 Å². The van der Waals surface area contributed by atoms with E-state index in [1.807, 2.05) is 24.8 Å². The van der Waals surface area contributed by atoms with Crippen LogP contribution in [-0.2, 0) is 6.54 Å². The molecule has 0 aliphatic carbocycles. The predicted octanol–water partition coefficient (Wildman–Crippen LogP) is 1.85. The Kier molecular flexibility index (Phi) is 5.12. The largest absolute Gasteiger partial charge is 0.370 e. The molecule has 1 aromatic rings. The molecule has 96 valence electrons. The van der Waals surface area contributed by atoms with Gasteiger partial charge in [0.1, 0.15) is 5.82 Å². The second kappa shape index (κ2) is 6.60. The van der Waals surface area contributed by atoms with Gasteiger partial charge in [0.05, 0.1) is 18.2 Å². The third kappa shape index (κ3) is 3.45. The van der Waals surface area contributed by atoms with E-state index in [0.29, 0.717) is 17.1 Å². The summed E-state index contributed by atoms with van der Waals surface area (Å²) in [6.45, 7) is 5.61. The minimum Gasteiger partial charge on any atom is -0.370 e. The molecule has 0 aromatic heterocycles. The highest BCUT2D eigenvalue weighted by Gasteiger charge is 2.05. The smallest absolute Gasteiger partial charge is 0.191 e. The molecule has 0 fully saturated rings. The van der Waals surface area contributed by atoms with Crippen molar-refractivity contribution < 1.29 is 4.39 Å². The van der Waals surface area contributed by atoms with Gasteiger partial charge in [0.25, 0.3) is 0 Å². The van der Waals surface area contributed by atoms with Crippen LogP contribution in [0.1, 0.15) is 25.0 Å². The minimum atomic E-state index is -0.370. The van der Waals surface area contributed by atoms with Gasteiger partial charge in [-0.05, 0) is 32.0 Å². The highest BCUT2D eigenvalue weighted by molar-refractivity contribution is 5.78. The standard InChI is InChI=1S/C13H17FN4/c1-3-18(4-2)13(16)17-9-11-7-10(8-15)5-6-12(11)14/h5-7H,3-4,9H2,1-2H3,(H2,16,17). The van der Waals surface area contributed by atoms with E-state index in [4.69, 9.17) is 11.0 Å². The number of aliphatic imine (C=N–C) groups is 1.